The third-order valence-electron chi connectivity index (χ3n) is 4.53. The average Bonchev–Trinajstić information content (AvgIpc) is 3.16. The van der Waals surface area contributed by atoms with Crippen molar-refractivity contribution < 1.29 is 9.90 Å². The fourth-order valence-corrected chi connectivity index (χ4v) is 3.88. The minimum absolute atomic E-state index is 0.0148. The smallest absolute Gasteiger partial charge is 0.271 e. The molecule has 2 aromatic heterocycles. The van der Waals surface area contributed by atoms with E-state index in [-0.39, 0.29) is 12.0 Å². The molecule has 3 heterocycles. The Morgan fingerprint density at radius 1 is 1.25 bits per heavy atom. The summed E-state index contributed by atoms with van der Waals surface area (Å²) in [6, 6.07) is 8.23. The van der Waals surface area contributed by atoms with Crippen LogP contribution in [0.25, 0.3) is 16.2 Å². The number of likely N-dealkylation sites (tertiary alicyclic amines) is 1. The number of amides is 1. The zero-order valence-corrected chi connectivity index (χ0v) is 14.3. The zero-order chi connectivity index (χ0) is 16.7. The lowest BCUT2D eigenvalue weighted by Gasteiger charge is -2.29. The van der Waals surface area contributed by atoms with Crippen LogP contribution in [0.3, 0.4) is 0 Å². The number of aliphatic hydroxyl groups excluding tert-OH is 1. The van der Waals surface area contributed by atoms with Gasteiger partial charge in [0.25, 0.3) is 5.91 Å². The molecule has 0 radical (unpaired) electrons. The molecular formula is C18H19N3O2S. The minimum Gasteiger partial charge on any atom is -0.393 e. The number of fused-ring (bicyclic) bond motifs is 1. The Bertz CT molecular complexity index is 873. The summed E-state index contributed by atoms with van der Waals surface area (Å²) < 4.78 is 1.88. The van der Waals surface area contributed by atoms with E-state index in [0.29, 0.717) is 31.6 Å². The first kappa shape index (κ1) is 15.4. The predicted molar refractivity (Wildman–Crippen MR) is 94.4 cm³/mol. The van der Waals surface area contributed by atoms with Crippen LogP contribution in [0.1, 0.15) is 28.9 Å². The number of thiazole rings is 1. The van der Waals surface area contributed by atoms with Gasteiger partial charge in [0.1, 0.15) is 5.69 Å². The highest BCUT2D eigenvalue weighted by Gasteiger charge is 2.25. The standard InChI is InChI=1S/C18H19N3O2S/c1-12-2-4-13(5-3-12)15-10-21-16(11-24-18(21)19-15)17(23)20-8-6-14(22)7-9-20/h2-5,10-11,14,22H,6-9H2,1H3. The molecule has 0 bridgehead atoms. The molecule has 1 N–H and O–H groups in total. The van der Waals surface area contributed by atoms with Crippen molar-refractivity contribution in [2.45, 2.75) is 25.9 Å². The number of carbonyl (C=O) groups excluding carboxylic acids is 1. The van der Waals surface area contributed by atoms with Crippen molar-refractivity contribution in [3.8, 4) is 11.3 Å². The van der Waals surface area contributed by atoms with E-state index in [9.17, 15) is 9.90 Å². The molecular weight excluding hydrogens is 322 g/mol. The number of benzene rings is 1. The highest BCUT2D eigenvalue weighted by atomic mass is 32.1. The second kappa shape index (κ2) is 6.03. The molecule has 1 amide bonds. The van der Waals surface area contributed by atoms with Crippen molar-refractivity contribution in [1.29, 1.82) is 0 Å². The third kappa shape index (κ3) is 2.72. The van der Waals surface area contributed by atoms with E-state index in [1.54, 1.807) is 0 Å². The van der Waals surface area contributed by atoms with Crippen LogP contribution < -0.4 is 0 Å². The van der Waals surface area contributed by atoms with Crippen molar-refractivity contribution in [3.63, 3.8) is 0 Å². The molecule has 0 unspecified atom stereocenters. The van der Waals surface area contributed by atoms with E-state index >= 15 is 0 Å². The molecule has 0 aliphatic carbocycles. The molecule has 1 fully saturated rings. The van der Waals surface area contributed by atoms with Gasteiger partial charge in [0.2, 0.25) is 0 Å². The summed E-state index contributed by atoms with van der Waals surface area (Å²) in [7, 11) is 0. The molecule has 124 valence electrons. The van der Waals surface area contributed by atoms with Crippen molar-refractivity contribution in [2.75, 3.05) is 13.1 Å². The Hall–Kier alpha value is -2.18. The first-order valence-electron chi connectivity index (χ1n) is 8.13. The monoisotopic (exact) mass is 341 g/mol. The summed E-state index contributed by atoms with van der Waals surface area (Å²) in [5.41, 5.74) is 3.79. The lowest BCUT2D eigenvalue weighted by Crippen LogP contribution is -2.40. The van der Waals surface area contributed by atoms with Gasteiger partial charge in [-0.2, -0.15) is 0 Å². The highest BCUT2D eigenvalue weighted by Crippen LogP contribution is 2.25. The topological polar surface area (TPSA) is 57.8 Å². The first-order valence-corrected chi connectivity index (χ1v) is 9.01. The number of piperidine rings is 1. The maximum absolute atomic E-state index is 12.8. The van der Waals surface area contributed by atoms with Gasteiger partial charge < -0.3 is 10.0 Å². The van der Waals surface area contributed by atoms with Gasteiger partial charge in [-0.15, -0.1) is 11.3 Å². The molecule has 24 heavy (non-hydrogen) atoms. The highest BCUT2D eigenvalue weighted by molar-refractivity contribution is 7.15. The molecule has 3 aromatic rings. The third-order valence-corrected chi connectivity index (χ3v) is 5.37. The van der Waals surface area contributed by atoms with Gasteiger partial charge in [0, 0.05) is 30.2 Å². The molecule has 0 saturated carbocycles. The Morgan fingerprint density at radius 2 is 1.96 bits per heavy atom. The fourth-order valence-electron chi connectivity index (χ4n) is 3.03. The Morgan fingerprint density at radius 3 is 2.67 bits per heavy atom. The van der Waals surface area contributed by atoms with Gasteiger partial charge in [-0.1, -0.05) is 29.8 Å². The molecule has 6 heteroatoms. The summed E-state index contributed by atoms with van der Waals surface area (Å²) >= 11 is 1.48. The van der Waals surface area contributed by atoms with Gasteiger partial charge in [-0.3, -0.25) is 9.20 Å². The quantitative estimate of drug-likeness (QED) is 0.780. The summed E-state index contributed by atoms with van der Waals surface area (Å²) in [6.45, 7) is 3.27. The van der Waals surface area contributed by atoms with Crippen molar-refractivity contribution in [1.82, 2.24) is 14.3 Å². The normalized spacial score (nSPS) is 16.0. The van der Waals surface area contributed by atoms with E-state index in [1.165, 1.54) is 16.9 Å². The van der Waals surface area contributed by atoms with Crippen molar-refractivity contribution in [3.05, 3.63) is 47.1 Å². The van der Waals surface area contributed by atoms with Crippen LogP contribution in [0.4, 0.5) is 0 Å². The van der Waals surface area contributed by atoms with Crippen LogP contribution in [0.15, 0.2) is 35.8 Å². The summed E-state index contributed by atoms with van der Waals surface area (Å²) in [5.74, 6) is 0.0148. The number of hydrogen-bond donors (Lipinski definition) is 1. The Kier molecular flexibility index (Phi) is 3.86. The van der Waals surface area contributed by atoms with Gasteiger partial charge in [0.15, 0.2) is 4.96 Å². The number of carbonyl (C=O) groups is 1. The minimum atomic E-state index is -0.280. The number of rotatable bonds is 2. The summed E-state index contributed by atoms with van der Waals surface area (Å²) in [4.78, 5) is 20.1. The molecule has 5 nitrogen and oxygen atoms in total. The zero-order valence-electron chi connectivity index (χ0n) is 13.5. The van der Waals surface area contributed by atoms with E-state index in [4.69, 9.17) is 0 Å². The molecule has 1 saturated heterocycles. The Balaban J connectivity index is 1.65. The summed E-state index contributed by atoms with van der Waals surface area (Å²) in [5, 5.41) is 11.5. The van der Waals surface area contributed by atoms with Crippen LogP contribution in [-0.2, 0) is 0 Å². The molecule has 0 spiro atoms. The second-order valence-electron chi connectivity index (χ2n) is 6.29. The van der Waals surface area contributed by atoms with E-state index in [2.05, 4.69) is 36.2 Å². The first-order chi connectivity index (χ1) is 11.6. The molecule has 1 aliphatic rings. The van der Waals surface area contributed by atoms with Crippen LogP contribution >= 0.6 is 11.3 Å². The number of nitrogens with zero attached hydrogens (tertiary/aromatic N) is 3. The van der Waals surface area contributed by atoms with E-state index in [1.807, 2.05) is 20.9 Å². The molecule has 4 rings (SSSR count). The van der Waals surface area contributed by atoms with Gasteiger partial charge >= 0.3 is 0 Å². The number of aromatic nitrogens is 2. The number of imidazole rings is 1. The van der Waals surface area contributed by atoms with Crippen LogP contribution in [0.2, 0.25) is 0 Å². The van der Waals surface area contributed by atoms with Gasteiger partial charge in [-0.25, -0.2) is 4.98 Å². The number of hydrogen-bond acceptors (Lipinski definition) is 4. The van der Waals surface area contributed by atoms with E-state index in [0.717, 1.165) is 16.2 Å². The maximum atomic E-state index is 12.8. The average molecular weight is 341 g/mol. The summed E-state index contributed by atoms with van der Waals surface area (Å²) in [6.07, 6.45) is 2.95. The molecule has 1 aliphatic heterocycles. The van der Waals surface area contributed by atoms with E-state index < -0.39 is 0 Å². The maximum Gasteiger partial charge on any atom is 0.271 e. The van der Waals surface area contributed by atoms with Crippen LogP contribution in [0.5, 0.6) is 0 Å². The number of aliphatic hydroxyl groups is 1. The predicted octanol–water partition coefficient (Wildman–Crippen LogP) is 2.97. The fraction of sp³-hybridized carbons (Fsp3) is 0.333. The van der Waals surface area contributed by atoms with Crippen LogP contribution in [-0.4, -0.2) is 44.5 Å². The van der Waals surface area contributed by atoms with Gasteiger partial charge in [-0.05, 0) is 19.8 Å². The largest absolute Gasteiger partial charge is 0.393 e. The van der Waals surface area contributed by atoms with Gasteiger partial charge in [0.05, 0.1) is 11.8 Å². The second-order valence-corrected chi connectivity index (χ2v) is 7.13. The van der Waals surface area contributed by atoms with Crippen molar-refractivity contribution in [2.24, 2.45) is 0 Å². The number of aryl methyl sites for hydroxylation is 1. The molecule has 1 aromatic carbocycles. The van der Waals surface area contributed by atoms with Crippen LogP contribution in [0, 0.1) is 6.92 Å². The lowest BCUT2D eigenvalue weighted by molar-refractivity contribution is 0.0541. The lowest BCUT2D eigenvalue weighted by atomic mass is 10.1. The Labute approximate surface area is 144 Å². The molecule has 0 atom stereocenters. The van der Waals surface area contributed by atoms with Crippen molar-refractivity contribution >= 4 is 22.2 Å². The SMILES string of the molecule is Cc1ccc(-c2cn3c(C(=O)N4CCC(O)CC4)csc3n2)cc1.